The summed E-state index contributed by atoms with van der Waals surface area (Å²) in [6.45, 7) is 2.23. The zero-order valence-electron chi connectivity index (χ0n) is 9.98. The molecule has 1 heterocycles. The lowest BCUT2D eigenvalue weighted by Crippen LogP contribution is -2.05. The van der Waals surface area contributed by atoms with Crippen LogP contribution < -0.4 is 5.73 Å². The van der Waals surface area contributed by atoms with Crippen LogP contribution in [0.25, 0.3) is 0 Å². The van der Waals surface area contributed by atoms with E-state index in [1.165, 1.54) is 6.07 Å². The number of hydrogen-bond donors (Lipinski definition) is 1. The number of nitrogens with two attached hydrogens (primary N) is 1. The van der Waals surface area contributed by atoms with Crippen molar-refractivity contribution in [3.8, 4) is 0 Å². The van der Waals surface area contributed by atoms with Crippen molar-refractivity contribution in [2.45, 2.75) is 19.5 Å². The maximum absolute atomic E-state index is 10.9. The van der Waals surface area contributed by atoms with Gasteiger partial charge in [-0.25, -0.2) is 0 Å². The van der Waals surface area contributed by atoms with Crippen molar-refractivity contribution in [1.82, 2.24) is 9.78 Å². The van der Waals surface area contributed by atoms with Gasteiger partial charge in [0, 0.05) is 23.9 Å². The lowest BCUT2D eigenvalue weighted by atomic mass is 10.2. The summed E-state index contributed by atoms with van der Waals surface area (Å²) < 4.78 is 1.65. The van der Waals surface area contributed by atoms with Crippen molar-refractivity contribution < 1.29 is 4.92 Å². The predicted molar refractivity (Wildman–Crippen MR) is 67.0 cm³/mol. The first-order valence-corrected chi connectivity index (χ1v) is 5.58. The molecule has 0 radical (unpaired) electrons. The van der Waals surface area contributed by atoms with Crippen LogP contribution in [0.2, 0.25) is 0 Å². The molecule has 0 fully saturated rings. The van der Waals surface area contributed by atoms with Crippen molar-refractivity contribution in [2.75, 3.05) is 0 Å². The highest BCUT2D eigenvalue weighted by Crippen LogP contribution is 2.19. The average Bonchev–Trinajstić information content (AvgIpc) is 2.78. The molecule has 18 heavy (non-hydrogen) atoms. The minimum absolute atomic E-state index is 0.0930. The Balaban J connectivity index is 2.25. The molecule has 2 rings (SSSR count). The van der Waals surface area contributed by atoms with E-state index in [4.69, 9.17) is 5.73 Å². The second-order valence-electron chi connectivity index (χ2n) is 4.15. The summed E-state index contributed by atoms with van der Waals surface area (Å²) in [5, 5.41) is 15.0. The van der Waals surface area contributed by atoms with Gasteiger partial charge in [-0.1, -0.05) is 18.2 Å². The summed E-state index contributed by atoms with van der Waals surface area (Å²) in [7, 11) is 0. The zero-order valence-corrected chi connectivity index (χ0v) is 9.98. The molecule has 6 heteroatoms. The first kappa shape index (κ1) is 12.3. The molecule has 6 nitrogen and oxygen atoms in total. The molecular formula is C12H14N4O2. The van der Waals surface area contributed by atoms with Gasteiger partial charge in [-0.2, -0.15) is 5.10 Å². The Morgan fingerprint density at radius 3 is 2.83 bits per heavy atom. The van der Waals surface area contributed by atoms with Gasteiger partial charge < -0.3 is 5.73 Å². The Morgan fingerprint density at radius 1 is 1.50 bits per heavy atom. The Hall–Kier alpha value is -2.21. The molecule has 0 spiro atoms. The van der Waals surface area contributed by atoms with E-state index in [-0.39, 0.29) is 16.7 Å². The van der Waals surface area contributed by atoms with Crippen molar-refractivity contribution in [3.05, 3.63) is 57.9 Å². The normalized spacial score (nSPS) is 12.3. The fourth-order valence-electron chi connectivity index (χ4n) is 1.70. The van der Waals surface area contributed by atoms with E-state index in [1.807, 2.05) is 6.92 Å². The predicted octanol–water partition coefficient (Wildman–Crippen LogP) is 1.86. The van der Waals surface area contributed by atoms with E-state index >= 15 is 0 Å². The quantitative estimate of drug-likeness (QED) is 0.658. The number of nitro benzene ring substituents is 1. The maximum atomic E-state index is 10.9. The third kappa shape index (κ3) is 2.54. The minimum Gasteiger partial charge on any atom is -0.324 e. The Kier molecular flexibility index (Phi) is 3.38. The summed E-state index contributed by atoms with van der Waals surface area (Å²) in [5.74, 6) is 0. The topological polar surface area (TPSA) is 87.0 Å². The van der Waals surface area contributed by atoms with Crippen LogP contribution in [0.4, 0.5) is 5.69 Å². The van der Waals surface area contributed by atoms with E-state index in [0.717, 1.165) is 5.56 Å². The molecule has 0 saturated heterocycles. The van der Waals surface area contributed by atoms with E-state index < -0.39 is 0 Å². The fourth-order valence-corrected chi connectivity index (χ4v) is 1.70. The van der Waals surface area contributed by atoms with Crippen LogP contribution in [0.15, 0.2) is 36.7 Å². The number of hydrogen-bond acceptors (Lipinski definition) is 4. The first-order chi connectivity index (χ1) is 8.58. The molecule has 1 unspecified atom stereocenters. The van der Waals surface area contributed by atoms with E-state index in [1.54, 1.807) is 35.3 Å². The first-order valence-electron chi connectivity index (χ1n) is 5.58. The molecule has 2 N–H and O–H groups in total. The molecule has 94 valence electrons. The summed E-state index contributed by atoms with van der Waals surface area (Å²) in [4.78, 5) is 10.5. The standard InChI is InChI=1S/C12H14N4O2/c1-9(13)11-6-14-15(8-11)7-10-4-2-3-5-12(10)16(17)18/h2-6,8-9H,7,13H2,1H3. The van der Waals surface area contributed by atoms with Gasteiger partial charge in [0.1, 0.15) is 0 Å². The molecule has 1 atom stereocenters. The number of para-hydroxylation sites is 1. The number of benzene rings is 1. The summed E-state index contributed by atoms with van der Waals surface area (Å²) in [5.41, 5.74) is 7.38. The van der Waals surface area contributed by atoms with Gasteiger partial charge in [0.05, 0.1) is 23.2 Å². The van der Waals surface area contributed by atoms with Gasteiger partial charge in [-0.3, -0.25) is 14.8 Å². The van der Waals surface area contributed by atoms with Crippen molar-refractivity contribution >= 4 is 5.69 Å². The average molecular weight is 246 g/mol. The lowest BCUT2D eigenvalue weighted by molar-refractivity contribution is -0.385. The number of aromatic nitrogens is 2. The van der Waals surface area contributed by atoms with Crippen molar-refractivity contribution in [1.29, 1.82) is 0 Å². The largest absolute Gasteiger partial charge is 0.324 e. The molecule has 2 aromatic rings. The maximum Gasteiger partial charge on any atom is 0.274 e. The summed E-state index contributed by atoms with van der Waals surface area (Å²) >= 11 is 0. The monoisotopic (exact) mass is 246 g/mol. The second kappa shape index (κ2) is 4.97. The Bertz CT molecular complexity index is 563. The van der Waals surface area contributed by atoms with Crippen LogP contribution >= 0.6 is 0 Å². The zero-order chi connectivity index (χ0) is 13.1. The third-order valence-electron chi connectivity index (χ3n) is 2.70. The van der Waals surface area contributed by atoms with Gasteiger partial charge in [0.25, 0.3) is 5.69 Å². The van der Waals surface area contributed by atoms with Crippen molar-refractivity contribution in [2.24, 2.45) is 5.73 Å². The van der Waals surface area contributed by atoms with E-state index in [2.05, 4.69) is 5.10 Å². The van der Waals surface area contributed by atoms with Gasteiger partial charge in [0.15, 0.2) is 0 Å². The molecule has 0 aliphatic rings. The van der Waals surface area contributed by atoms with E-state index in [9.17, 15) is 10.1 Å². The highest BCUT2D eigenvalue weighted by Gasteiger charge is 2.13. The minimum atomic E-state index is -0.384. The second-order valence-corrected chi connectivity index (χ2v) is 4.15. The SMILES string of the molecule is CC(N)c1cnn(Cc2ccccc2[N+](=O)[O-])c1. The van der Waals surface area contributed by atoms with Crippen LogP contribution in [-0.4, -0.2) is 14.7 Å². The summed E-state index contributed by atoms with van der Waals surface area (Å²) in [6, 6.07) is 6.55. The lowest BCUT2D eigenvalue weighted by Gasteiger charge is -2.03. The van der Waals surface area contributed by atoms with Crippen LogP contribution in [0.3, 0.4) is 0 Å². The van der Waals surface area contributed by atoms with Crippen LogP contribution in [-0.2, 0) is 6.54 Å². The molecule has 1 aromatic heterocycles. The third-order valence-corrected chi connectivity index (χ3v) is 2.70. The van der Waals surface area contributed by atoms with Crippen LogP contribution in [0, 0.1) is 10.1 Å². The molecule has 1 aromatic carbocycles. The van der Waals surface area contributed by atoms with Gasteiger partial charge in [-0.15, -0.1) is 0 Å². The van der Waals surface area contributed by atoms with Crippen LogP contribution in [0.1, 0.15) is 24.1 Å². The van der Waals surface area contributed by atoms with E-state index in [0.29, 0.717) is 12.1 Å². The highest BCUT2D eigenvalue weighted by molar-refractivity contribution is 5.39. The molecular weight excluding hydrogens is 232 g/mol. The molecule has 0 amide bonds. The smallest absolute Gasteiger partial charge is 0.274 e. The Morgan fingerprint density at radius 2 is 2.22 bits per heavy atom. The molecule has 0 aliphatic heterocycles. The molecule has 0 bridgehead atoms. The number of nitro groups is 1. The number of rotatable bonds is 4. The highest BCUT2D eigenvalue weighted by atomic mass is 16.6. The summed E-state index contributed by atoms with van der Waals surface area (Å²) in [6.07, 6.45) is 3.49. The Labute approximate surface area is 104 Å². The van der Waals surface area contributed by atoms with Crippen LogP contribution in [0.5, 0.6) is 0 Å². The number of nitrogens with zero attached hydrogens (tertiary/aromatic N) is 3. The van der Waals surface area contributed by atoms with Gasteiger partial charge >= 0.3 is 0 Å². The van der Waals surface area contributed by atoms with Gasteiger partial charge in [0.2, 0.25) is 0 Å². The van der Waals surface area contributed by atoms with Gasteiger partial charge in [-0.05, 0) is 6.92 Å². The molecule has 0 aliphatic carbocycles. The van der Waals surface area contributed by atoms with Crippen molar-refractivity contribution in [3.63, 3.8) is 0 Å². The fraction of sp³-hybridized carbons (Fsp3) is 0.250. The molecule has 0 saturated carbocycles.